The van der Waals surface area contributed by atoms with Gasteiger partial charge in [0, 0.05) is 6.42 Å². The maximum absolute atomic E-state index is 5.91. The summed E-state index contributed by atoms with van der Waals surface area (Å²) in [5, 5.41) is 0. The highest BCUT2D eigenvalue weighted by molar-refractivity contribution is 5.22. The fourth-order valence-electron chi connectivity index (χ4n) is 2.34. The quantitative estimate of drug-likeness (QED) is 0.703. The standard InChI is InChI=1S/C13H18O2/c1-10-9-13(3,15-11(2)14-10)12-7-5-4-6-8-12/h4-8,10-11H,9H2,1-3H3/t10-,11-,13-/m1/s1. The molecule has 1 saturated heterocycles. The zero-order valence-corrected chi connectivity index (χ0v) is 9.57. The van der Waals surface area contributed by atoms with Crippen LogP contribution >= 0.6 is 0 Å². The number of hydrogen-bond acceptors (Lipinski definition) is 2. The van der Waals surface area contributed by atoms with E-state index in [2.05, 4.69) is 38.1 Å². The predicted molar refractivity (Wildman–Crippen MR) is 59.5 cm³/mol. The topological polar surface area (TPSA) is 18.5 Å². The third-order valence-corrected chi connectivity index (χ3v) is 2.91. The monoisotopic (exact) mass is 206 g/mol. The summed E-state index contributed by atoms with van der Waals surface area (Å²) in [4.78, 5) is 0. The minimum absolute atomic E-state index is 0.126. The number of hydrogen-bond donors (Lipinski definition) is 0. The molecular formula is C13H18O2. The minimum Gasteiger partial charge on any atom is -0.350 e. The van der Waals surface area contributed by atoms with Gasteiger partial charge < -0.3 is 9.47 Å². The van der Waals surface area contributed by atoms with E-state index in [-0.39, 0.29) is 18.0 Å². The maximum atomic E-state index is 5.91. The minimum atomic E-state index is -0.210. The molecule has 2 rings (SSSR count). The molecule has 1 aromatic carbocycles. The van der Waals surface area contributed by atoms with E-state index >= 15 is 0 Å². The summed E-state index contributed by atoms with van der Waals surface area (Å²) in [6, 6.07) is 10.4. The van der Waals surface area contributed by atoms with Crippen molar-refractivity contribution >= 4 is 0 Å². The van der Waals surface area contributed by atoms with Crippen molar-refractivity contribution in [2.45, 2.75) is 45.2 Å². The van der Waals surface area contributed by atoms with Gasteiger partial charge >= 0.3 is 0 Å². The highest BCUT2D eigenvalue weighted by atomic mass is 16.7. The molecule has 2 heteroatoms. The summed E-state index contributed by atoms with van der Waals surface area (Å²) in [6.07, 6.45) is 1.03. The van der Waals surface area contributed by atoms with Crippen molar-refractivity contribution in [3.05, 3.63) is 35.9 Å². The van der Waals surface area contributed by atoms with Gasteiger partial charge in [0.1, 0.15) is 0 Å². The Kier molecular flexibility index (Phi) is 2.81. The van der Waals surface area contributed by atoms with Crippen LogP contribution < -0.4 is 0 Å². The first kappa shape index (κ1) is 10.7. The molecule has 1 fully saturated rings. The molecule has 1 aliphatic rings. The molecular weight excluding hydrogens is 188 g/mol. The van der Waals surface area contributed by atoms with Crippen molar-refractivity contribution in [1.29, 1.82) is 0 Å². The van der Waals surface area contributed by atoms with Gasteiger partial charge in [-0.25, -0.2) is 0 Å². The Morgan fingerprint density at radius 3 is 2.47 bits per heavy atom. The van der Waals surface area contributed by atoms with Crippen molar-refractivity contribution in [2.75, 3.05) is 0 Å². The van der Waals surface area contributed by atoms with Crippen molar-refractivity contribution in [3.63, 3.8) is 0 Å². The van der Waals surface area contributed by atoms with Gasteiger partial charge in [0.15, 0.2) is 6.29 Å². The Hall–Kier alpha value is -0.860. The molecule has 0 spiro atoms. The van der Waals surface area contributed by atoms with Crippen LogP contribution in [0.1, 0.15) is 32.8 Å². The Bertz CT molecular complexity index is 311. The van der Waals surface area contributed by atoms with Crippen LogP contribution in [0.3, 0.4) is 0 Å². The smallest absolute Gasteiger partial charge is 0.156 e. The van der Waals surface area contributed by atoms with Crippen LogP contribution in [-0.4, -0.2) is 12.4 Å². The Balaban J connectivity index is 2.26. The first-order chi connectivity index (χ1) is 7.10. The van der Waals surface area contributed by atoms with Crippen molar-refractivity contribution in [2.24, 2.45) is 0 Å². The van der Waals surface area contributed by atoms with E-state index in [4.69, 9.17) is 9.47 Å². The van der Waals surface area contributed by atoms with E-state index in [0.29, 0.717) is 0 Å². The normalized spacial score (nSPS) is 36.5. The van der Waals surface area contributed by atoms with E-state index in [9.17, 15) is 0 Å². The molecule has 82 valence electrons. The van der Waals surface area contributed by atoms with Crippen molar-refractivity contribution in [1.82, 2.24) is 0 Å². The SMILES string of the molecule is C[C@@H]1O[C@H](C)C[C@](C)(c2ccccc2)O1. The third-order valence-electron chi connectivity index (χ3n) is 2.91. The molecule has 0 amide bonds. The van der Waals surface area contributed by atoms with E-state index in [1.807, 2.05) is 13.0 Å². The highest BCUT2D eigenvalue weighted by Gasteiger charge is 2.36. The second kappa shape index (κ2) is 3.95. The fraction of sp³-hybridized carbons (Fsp3) is 0.538. The molecule has 0 N–H and O–H groups in total. The Labute approximate surface area is 91.2 Å². The molecule has 0 unspecified atom stereocenters. The molecule has 0 aromatic heterocycles. The lowest BCUT2D eigenvalue weighted by molar-refractivity contribution is -0.270. The van der Waals surface area contributed by atoms with Gasteiger partial charge in [0.05, 0.1) is 11.7 Å². The van der Waals surface area contributed by atoms with Crippen LogP contribution in [0, 0.1) is 0 Å². The molecule has 0 aliphatic carbocycles. The molecule has 0 saturated carbocycles. The fourth-order valence-corrected chi connectivity index (χ4v) is 2.34. The van der Waals surface area contributed by atoms with Gasteiger partial charge in [-0.3, -0.25) is 0 Å². The van der Waals surface area contributed by atoms with Crippen molar-refractivity contribution < 1.29 is 9.47 Å². The average Bonchev–Trinajstić information content (AvgIpc) is 2.17. The number of ether oxygens (including phenoxy) is 2. The second-order valence-electron chi connectivity index (χ2n) is 4.43. The van der Waals surface area contributed by atoms with Gasteiger partial charge in [-0.2, -0.15) is 0 Å². The molecule has 15 heavy (non-hydrogen) atoms. The summed E-state index contributed by atoms with van der Waals surface area (Å²) < 4.78 is 11.5. The number of rotatable bonds is 1. The van der Waals surface area contributed by atoms with Crippen LogP contribution in [-0.2, 0) is 15.1 Å². The first-order valence-electron chi connectivity index (χ1n) is 5.49. The average molecular weight is 206 g/mol. The lowest BCUT2D eigenvalue weighted by atomic mass is 9.89. The number of benzene rings is 1. The van der Waals surface area contributed by atoms with Crippen LogP contribution in [0.4, 0.5) is 0 Å². The lowest BCUT2D eigenvalue weighted by Crippen LogP contribution is -2.41. The summed E-state index contributed by atoms with van der Waals surface area (Å²) in [7, 11) is 0. The predicted octanol–water partition coefficient (Wildman–Crippen LogP) is 3.07. The van der Waals surface area contributed by atoms with E-state index in [0.717, 1.165) is 6.42 Å². The van der Waals surface area contributed by atoms with Gasteiger partial charge in [-0.05, 0) is 26.3 Å². The van der Waals surface area contributed by atoms with Crippen LogP contribution in [0.2, 0.25) is 0 Å². The van der Waals surface area contributed by atoms with E-state index < -0.39 is 0 Å². The van der Waals surface area contributed by atoms with Crippen LogP contribution in [0.5, 0.6) is 0 Å². The summed E-state index contributed by atoms with van der Waals surface area (Å²) in [5.74, 6) is 0. The zero-order chi connectivity index (χ0) is 10.9. The summed E-state index contributed by atoms with van der Waals surface area (Å²) >= 11 is 0. The lowest BCUT2D eigenvalue weighted by Gasteiger charge is -2.41. The molecule has 0 radical (unpaired) electrons. The van der Waals surface area contributed by atoms with Gasteiger partial charge in [0.2, 0.25) is 0 Å². The summed E-state index contributed by atoms with van der Waals surface area (Å²) in [5.41, 5.74) is 1.02. The molecule has 2 nitrogen and oxygen atoms in total. The van der Waals surface area contributed by atoms with E-state index in [1.54, 1.807) is 0 Å². The molecule has 1 aromatic rings. The summed E-state index contributed by atoms with van der Waals surface area (Å²) in [6.45, 7) is 6.19. The molecule has 3 atom stereocenters. The van der Waals surface area contributed by atoms with Crippen molar-refractivity contribution in [3.8, 4) is 0 Å². The van der Waals surface area contributed by atoms with Gasteiger partial charge in [-0.15, -0.1) is 0 Å². The zero-order valence-electron chi connectivity index (χ0n) is 9.57. The third kappa shape index (κ3) is 2.21. The first-order valence-corrected chi connectivity index (χ1v) is 5.49. The second-order valence-corrected chi connectivity index (χ2v) is 4.43. The Morgan fingerprint density at radius 1 is 1.20 bits per heavy atom. The Morgan fingerprint density at radius 2 is 1.87 bits per heavy atom. The van der Waals surface area contributed by atoms with Crippen LogP contribution in [0.25, 0.3) is 0 Å². The maximum Gasteiger partial charge on any atom is 0.156 e. The van der Waals surface area contributed by atoms with Gasteiger partial charge in [0.25, 0.3) is 0 Å². The highest BCUT2D eigenvalue weighted by Crippen LogP contribution is 2.36. The largest absolute Gasteiger partial charge is 0.350 e. The van der Waals surface area contributed by atoms with E-state index in [1.165, 1.54) is 5.56 Å². The molecule has 0 bridgehead atoms. The van der Waals surface area contributed by atoms with Crippen LogP contribution in [0.15, 0.2) is 30.3 Å². The van der Waals surface area contributed by atoms with Gasteiger partial charge in [-0.1, -0.05) is 30.3 Å². The molecule has 1 heterocycles. The molecule has 1 aliphatic heterocycles.